The molecule has 15 heteroatoms. The summed E-state index contributed by atoms with van der Waals surface area (Å²) in [6, 6.07) is 21.4. The summed E-state index contributed by atoms with van der Waals surface area (Å²) in [6.07, 6.45) is 2.81. The SMILES string of the molecule is C[C@H]1[C@H]([Si](C)(C)O)[C@@H](CCn2cc(CCO)nn2)O[C@]12C(=O)N(Cc1cccc(N3N=C(c4ccccc4)CCC3=O)c1)c1ccc([N+](=O)[O-])cc12. The quantitative estimate of drug-likeness (QED) is 0.126. The molecule has 1 spiro atoms. The zero-order valence-electron chi connectivity index (χ0n) is 29.3. The van der Waals surface area contributed by atoms with Crippen LogP contribution in [-0.4, -0.2) is 68.4 Å². The van der Waals surface area contributed by atoms with Crippen LogP contribution in [0, 0.1) is 16.0 Å². The van der Waals surface area contributed by atoms with Gasteiger partial charge >= 0.3 is 0 Å². The standard InChI is InChI=1S/C37H41N7O7Si/c1-24-35(52(2,3)50)33(16-18-41-23-27(17-19-45)38-40-41)51-37(24)30-21-29(44(48)49)12-14-32(30)42(36(37)47)22-25-8-7-11-28(20-25)43-34(46)15-13-31(39-43)26-9-5-4-6-10-26/h4-12,14,20-21,23-24,33,35,45,50H,13,15-19,22H2,1-3H3/t24-,33+,35-,37+/m0/s1. The highest BCUT2D eigenvalue weighted by Crippen LogP contribution is 2.60. The number of nitro groups is 1. The fraction of sp³-hybridized carbons (Fsp3) is 0.378. The number of anilines is 2. The maximum atomic E-state index is 14.9. The maximum Gasteiger partial charge on any atom is 0.269 e. The number of carbonyl (C=O) groups is 2. The number of aliphatic hydroxyl groups is 1. The van der Waals surface area contributed by atoms with Crippen LogP contribution < -0.4 is 9.91 Å². The van der Waals surface area contributed by atoms with E-state index in [0.29, 0.717) is 54.9 Å². The van der Waals surface area contributed by atoms with Crippen LogP contribution in [0.1, 0.15) is 48.6 Å². The monoisotopic (exact) mass is 723 g/mol. The largest absolute Gasteiger partial charge is 0.432 e. The molecule has 2 amide bonds. The van der Waals surface area contributed by atoms with Crippen molar-refractivity contribution in [3.8, 4) is 0 Å². The summed E-state index contributed by atoms with van der Waals surface area (Å²) in [4.78, 5) is 52.8. The zero-order valence-corrected chi connectivity index (χ0v) is 30.3. The normalized spacial score (nSPS) is 23.0. The summed E-state index contributed by atoms with van der Waals surface area (Å²) in [5.41, 5.74) is 2.44. The molecule has 1 fully saturated rings. The number of aromatic nitrogens is 3. The second-order valence-electron chi connectivity index (χ2n) is 14.2. The van der Waals surface area contributed by atoms with Gasteiger partial charge in [-0.05, 0) is 48.8 Å². The van der Waals surface area contributed by atoms with Crippen LogP contribution in [0.25, 0.3) is 0 Å². The smallest absolute Gasteiger partial charge is 0.269 e. The van der Waals surface area contributed by atoms with E-state index in [4.69, 9.17) is 9.84 Å². The van der Waals surface area contributed by atoms with Gasteiger partial charge in [-0.25, -0.2) is 5.01 Å². The van der Waals surface area contributed by atoms with Crippen molar-refractivity contribution < 1.29 is 29.2 Å². The Morgan fingerprint density at radius 2 is 1.85 bits per heavy atom. The van der Waals surface area contributed by atoms with Gasteiger partial charge in [0.05, 0.1) is 40.4 Å². The first-order valence-corrected chi connectivity index (χ1v) is 20.5. The Labute approximate surface area is 301 Å². The van der Waals surface area contributed by atoms with Gasteiger partial charge in [0.2, 0.25) is 5.91 Å². The summed E-state index contributed by atoms with van der Waals surface area (Å²) >= 11 is 0. The molecule has 0 unspecified atom stereocenters. The lowest BCUT2D eigenvalue weighted by Gasteiger charge is -2.32. The zero-order chi connectivity index (χ0) is 36.8. The highest BCUT2D eigenvalue weighted by Gasteiger charge is 2.66. The highest BCUT2D eigenvalue weighted by molar-refractivity contribution is 6.71. The van der Waals surface area contributed by atoms with E-state index in [9.17, 15) is 29.6 Å². The number of rotatable bonds is 11. The number of hydrogen-bond acceptors (Lipinski definition) is 10. The van der Waals surface area contributed by atoms with E-state index in [2.05, 4.69) is 10.3 Å². The van der Waals surface area contributed by atoms with E-state index < -0.39 is 36.4 Å². The molecular formula is C37H41N7O7Si. The van der Waals surface area contributed by atoms with E-state index in [0.717, 1.165) is 16.8 Å². The number of nitrogens with zero attached hydrogens (tertiary/aromatic N) is 7. The van der Waals surface area contributed by atoms with Crippen LogP contribution in [0.15, 0.2) is 84.1 Å². The van der Waals surface area contributed by atoms with Gasteiger partial charge in [-0.2, -0.15) is 5.10 Å². The van der Waals surface area contributed by atoms with Crippen molar-refractivity contribution in [1.29, 1.82) is 0 Å². The van der Waals surface area contributed by atoms with Crippen molar-refractivity contribution >= 4 is 42.9 Å². The molecule has 7 rings (SSSR count). The van der Waals surface area contributed by atoms with E-state index >= 15 is 0 Å². The molecule has 4 aromatic rings. The van der Waals surface area contributed by atoms with Gasteiger partial charge in [-0.15, -0.1) is 5.10 Å². The average molecular weight is 724 g/mol. The highest BCUT2D eigenvalue weighted by atomic mass is 28.4. The second kappa shape index (κ2) is 13.8. The van der Waals surface area contributed by atoms with E-state index in [1.54, 1.807) is 27.9 Å². The van der Waals surface area contributed by atoms with Gasteiger partial charge in [-0.1, -0.05) is 54.6 Å². The van der Waals surface area contributed by atoms with Gasteiger partial charge in [0.15, 0.2) is 13.9 Å². The molecule has 0 radical (unpaired) electrons. The Bertz CT molecular complexity index is 2050. The molecule has 1 saturated heterocycles. The van der Waals surface area contributed by atoms with Crippen molar-refractivity contribution in [2.45, 2.75) is 76.0 Å². The molecule has 4 atom stereocenters. The van der Waals surface area contributed by atoms with Crippen molar-refractivity contribution in [2.24, 2.45) is 11.0 Å². The lowest BCUT2D eigenvalue weighted by atomic mass is 9.82. The van der Waals surface area contributed by atoms with Crippen molar-refractivity contribution in [1.82, 2.24) is 15.0 Å². The Kier molecular flexibility index (Phi) is 9.37. The number of hydrazone groups is 1. The van der Waals surface area contributed by atoms with Crippen molar-refractivity contribution in [3.05, 3.63) is 111 Å². The molecule has 3 aliphatic rings. The molecule has 4 heterocycles. The molecular weight excluding hydrogens is 683 g/mol. The summed E-state index contributed by atoms with van der Waals surface area (Å²) in [5.74, 6) is -1.02. The van der Waals surface area contributed by atoms with E-state index in [1.807, 2.05) is 68.5 Å². The van der Waals surface area contributed by atoms with Crippen LogP contribution in [0.5, 0.6) is 0 Å². The number of carbonyl (C=O) groups excluding carboxylic acids is 2. The average Bonchev–Trinajstić information content (AvgIpc) is 3.77. The molecule has 52 heavy (non-hydrogen) atoms. The summed E-state index contributed by atoms with van der Waals surface area (Å²) in [5, 5.41) is 35.7. The fourth-order valence-corrected chi connectivity index (χ4v) is 10.7. The topological polar surface area (TPSA) is 177 Å². The van der Waals surface area contributed by atoms with Crippen LogP contribution in [0.4, 0.5) is 17.1 Å². The first-order valence-electron chi connectivity index (χ1n) is 17.5. The number of non-ortho nitro benzene ring substituents is 1. The number of amides is 2. The number of nitro benzene ring substituents is 1. The number of benzene rings is 3. The lowest BCUT2D eigenvalue weighted by molar-refractivity contribution is -0.385. The summed E-state index contributed by atoms with van der Waals surface area (Å²) in [6.45, 7) is 5.98. The predicted octanol–water partition coefficient (Wildman–Crippen LogP) is 4.69. The fourth-order valence-electron chi connectivity index (χ4n) is 8.10. The van der Waals surface area contributed by atoms with Gasteiger partial charge in [0, 0.05) is 67.8 Å². The van der Waals surface area contributed by atoms with Crippen LogP contribution in [-0.2, 0) is 39.4 Å². The van der Waals surface area contributed by atoms with Gasteiger partial charge in [0.25, 0.3) is 11.6 Å². The summed E-state index contributed by atoms with van der Waals surface area (Å²) < 4.78 is 8.51. The third-order valence-electron chi connectivity index (χ3n) is 10.4. The third kappa shape index (κ3) is 6.33. The molecule has 0 bridgehead atoms. The number of fused-ring (bicyclic) bond motifs is 2. The Balaban J connectivity index is 1.22. The minimum atomic E-state index is -2.99. The van der Waals surface area contributed by atoms with Crippen LogP contribution in [0.3, 0.4) is 0 Å². The second-order valence-corrected chi connectivity index (χ2v) is 18.2. The maximum absolute atomic E-state index is 14.9. The number of ether oxygens (including phenoxy) is 1. The lowest BCUT2D eigenvalue weighted by Crippen LogP contribution is -2.46. The van der Waals surface area contributed by atoms with Crippen LogP contribution >= 0.6 is 0 Å². The van der Waals surface area contributed by atoms with Gasteiger partial charge in [-0.3, -0.25) is 24.4 Å². The molecule has 0 saturated carbocycles. The first kappa shape index (κ1) is 35.3. The minimum Gasteiger partial charge on any atom is -0.432 e. The molecule has 0 aliphatic carbocycles. The number of aliphatic hydroxyl groups excluding tert-OH is 1. The number of aryl methyl sites for hydroxylation is 1. The Hall–Kier alpha value is -5.09. The number of hydrogen-bond donors (Lipinski definition) is 2. The molecule has 270 valence electrons. The van der Waals surface area contributed by atoms with Crippen molar-refractivity contribution in [2.75, 3.05) is 16.5 Å². The Morgan fingerprint density at radius 1 is 1.06 bits per heavy atom. The molecule has 3 aromatic carbocycles. The minimum absolute atomic E-state index is 0.0508. The van der Waals surface area contributed by atoms with E-state index in [1.165, 1.54) is 17.1 Å². The summed E-state index contributed by atoms with van der Waals surface area (Å²) in [7, 11) is -2.99. The molecule has 3 aliphatic heterocycles. The molecule has 2 N–H and O–H groups in total. The molecule has 14 nitrogen and oxygen atoms in total. The molecule has 1 aromatic heterocycles. The van der Waals surface area contributed by atoms with E-state index in [-0.39, 0.29) is 30.7 Å². The third-order valence-corrected chi connectivity index (χ3v) is 12.9. The predicted molar refractivity (Wildman–Crippen MR) is 195 cm³/mol. The van der Waals surface area contributed by atoms with Crippen molar-refractivity contribution in [3.63, 3.8) is 0 Å². The first-order chi connectivity index (χ1) is 24.9. The van der Waals surface area contributed by atoms with Crippen LogP contribution in [0.2, 0.25) is 18.6 Å². The van der Waals surface area contributed by atoms with Gasteiger partial charge in [0.1, 0.15) is 0 Å². The Morgan fingerprint density at radius 3 is 2.58 bits per heavy atom. The van der Waals surface area contributed by atoms with Gasteiger partial charge < -0.3 is 19.5 Å².